The van der Waals surface area contributed by atoms with Gasteiger partial charge in [0.05, 0.1) is 0 Å². The zero-order valence-corrected chi connectivity index (χ0v) is 18.8. The quantitative estimate of drug-likeness (QED) is 0.327. The van der Waals surface area contributed by atoms with Crippen molar-refractivity contribution in [3.63, 3.8) is 0 Å². The van der Waals surface area contributed by atoms with E-state index in [4.69, 9.17) is 5.73 Å². The number of nitrogens with two attached hydrogens (primary N) is 1. The topological polar surface area (TPSA) is 53.3 Å². The van der Waals surface area contributed by atoms with Gasteiger partial charge in [-0.15, -0.1) is 49.6 Å². The van der Waals surface area contributed by atoms with Crippen LogP contribution in [0.2, 0.25) is 0 Å². The maximum absolute atomic E-state index is 5.51. The Hall–Kier alpha value is 1.00. The van der Waals surface area contributed by atoms with Crippen molar-refractivity contribution in [2.24, 2.45) is 5.73 Å². The van der Waals surface area contributed by atoms with Crippen LogP contribution in [-0.4, -0.2) is 58.3 Å². The van der Waals surface area contributed by atoms with Gasteiger partial charge in [0, 0.05) is 0 Å². The Labute approximate surface area is 175 Å². The van der Waals surface area contributed by atoms with E-state index in [1.807, 2.05) is 14.1 Å². The summed E-state index contributed by atoms with van der Waals surface area (Å²) in [5, 5.41) is 6.47. The van der Waals surface area contributed by atoms with Crippen LogP contribution in [0.5, 0.6) is 0 Å². The first-order valence-electron chi connectivity index (χ1n) is 8.56. The molecule has 0 saturated heterocycles. The van der Waals surface area contributed by atoms with E-state index in [0.29, 0.717) is 0 Å². The molecule has 0 fully saturated rings. The smallest absolute Gasteiger partial charge is 0.000663 e. The first-order chi connectivity index (χ1) is 9.85. The van der Waals surface area contributed by atoms with E-state index in [0.717, 1.165) is 19.6 Å². The largest absolute Gasteiger partial charge is 0.330 e. The number of nitrogens with zero attached hydrogens (tertiary/aromatic N) is 1. The molecule has 0 bridgehead atoms. The molecule has 4 N–H and O–H groups in total. The summed E-state index contributed by atoms with van der Waals surface area (Å²) in [5.74, 6) is 0. The number of hydrogen-bond acceptors (Lipinski definition) is 4. The minimum absolute atomic E-state index is 0. The minimum atomic E-state index is 0. The first kappa shape index (κ1) is 36.0. The van der Waals surface area contributed by atoms with Crippen molar-refractivity contribution in [1.29, 1.82) is 0 Å². The van der Waals surface area contributed by atoms with Crippen molar-refractivity contribution in [3.05, 3.63) is 0 Å². The minimum Gasteiger partial charge on any atom is -0.330 e. The molecule has 0 aliphatic rings. The number of halogens is 4. The Morgan fingerprint density at radius 3 is 1.38 bits per heavy atom. The summed E-state index contributed by atoms with van der Waals surface area (Å²) < 4.78 is 0. The molecule has 154 valence electrons. The molecule has 0 aliphatic heterocycles. The fourth-order valence-electron chi connectivity index (χ4n) is 2.48. The van der Waals surface area contributed by atoms with Crippen molar-refractivity contribution in [2.45, 2.75) is 51.4 Å². The fraction of sp³-hybridized carbons (Fsp3) is 1.00. The maximum Gasteiger partial charge on any atom is -0.000663 e. The second kappa shape index (κ2) is 31.7. The molecule has 0 heterocycles. The molecule has 24 heavy (non-hydrogen) atoms. The standard InChI is InChI=1S/C16H38N4.4ClH/c1-18-12-9-15-20(16-10-13-19-2)14-8-6-4-3-5-7-11-17;;;;/h18-19H,3-17H2,1-2H3;4*1H. The molecule has 8 heteroatoms. The molecule has 0 aliphatic carbocycles. The van der Waals surface area contributed by atoms with Crippen LogP contribution in [0.4, 0.5) is 0 Å². The SMILES string of the molecule is CNCCCN(CCCCCCCCN)CCCNC.Cl.Cl.Cl.Cl. The van der Waals surface area contributed by atoms with Crippen LogP contribution in [0.1, 0.15) is 51.4 Å². The molecular weight excluding hydrogens is 390 g/mol. The van der Waals surface area contributed by atoms with Crippen molar-refractivity contribution < 1.29 is 0 Å². The average Bonchev–Trinajstić information content (AvgIpc) is 2.46. The highest BCUT2D eigenvalue weighted by Crippen LogP contribution is 2.06. The van der Waals surface area contributed by atoms with Gasteiger partial charge in [-0.05, 0) is 79.0 Å². The van der Waals surface area contributed by atoms with Crippen molar-refractivity contribution in [3.8, 4) is 0 Å². The summed E-state index contributed by atoms with van der Waals surface area (Å²) in [6.45, 7) is 6.84. The van der Waals surface area contributed by atoms with Crippen LogP contribution < -0.4 is 16.4 Å². The lowest BCUT2D eigenvalue weighted by molar-refractivity contribution is 0.259. The number of hydrogen-bond donors (Lipinski definition) is 3. The molecule has 0 saturated carbocycles. The molecule has 0 atom stereocenters. The number of nitrogens with one attached hydrogen (secondary N) is 2. The highest BCUT2D eigenvalue weighted by atomic mass is 35.5. The normalized spacial score (nSPS) is 9.50. The van der Waals surface area contributed by atoms with Gasteiger partial charge >= 0.3 is 0 Å². The van der Waals surface area contributed by atoms with E-state index in [1.165, 1.54) is 71.0 Å². The predicted molar refractivity (Wildman–Crippen MR) is 119 cm³/mol. The maximum atomic E-state index is 5.51. The summed E-state index contributed by atoms with van der Waals surface area (Å²) in [5.41, 5.74) is 5.51. The van der Waals surface area contributed by atoms with Gasteiger partial charge in [0.1, 0.15) is 0 Å². The van der Waals surface area contributed by atoms with E-state index >= 15 is 0 Å². The molecule has 0 aromatic rings. The van der Waals surface area contributed by atoms with E-state index in [1.54, 1.807) is 0 Å². The van der Waals surface area contributed by atoms with E-state index < -0.39 is 0 Å². The number of rotatable bonds is 16. The third-order valence-corrected chi connectivity index (χ3v) is 3.73. The van der Waals surface area contributed by atoms with Gasteiger partial charge in [-0.1, -0.05) is 25.7 Å². The van der Waals surface area contributed by atoms with E-state index in [2.05, 4.69) is 15.5 Å². The Balaban J connectivity index is -0.000000301. The molecule has 0 aromatic heterocycles. The third-order valence-electron chi connectivity index (χ3n) is 3.73. The van der Waals surface area contributed by atoms with Crippen LogP contribution in [0, 0.1) is 0 Å². The average molecular weight is 432 g/mol. The molecule has 0 aromatic carbocycles. The lowest BCUT2D eigenvalue weighted by Crippen LogP contribution is -2.30. The molecule has 4 nitrogen and oxygen atoms in total. The monoisotopic (exact) mass is 430 g/mol. The summed E-state index contributed by atoms with van der Waals surface area (Å²) in [4.78, 5) is 2.63. The van der Waals surface area contributed by atoms with Gasteiger partial charge < -0.3 is 21.3 Å². The summed E-state index contributed by atoms with van der Waals surface area (Å²) >= 11 is 0. The Bertz CT molecular complexity index is 181. The second-order valence-electron chi connectivity index (χ2n) is 5.67. The van der Waals surface area contributed by atoms with Gasteiger partial charge in [0.25, 0.3) is 0 Å². The Morgan fingerprint density at radius 1 is 0.583 bits per heavy atom. The summed E-state index contributed by atoms with van der Waals surface area (Å²) in [7, 11) is 4.07. The second-order valence-corrected chi connectivity index (χ2v) is 5.67. The fourth-order valence-corrected chi connectivity index (χ4v) is 2.48. The van der Waals surface area contributed by atoms with E-state index in [-0.39, 0.29) is 49.6 Å². The Kier molecular flexibility index (Phi) is 47.6. The van der Waals surface area contributed by atoms with Crippen LogP contribution in [0.15, 0.2) is 0 Å². The van der Waals surface area contributed by atoms with Crippen molar-refractivity contribution in [1.82, 2.24) is 15.5 Å². The lowest BCUT2D eigenvalue weighted by atomic mass is 10.1. The lowest BCUT2D eigenvalue weighted by Gasteiger charge is -2.22. The zero-order chi connectivity index (χ0) is 14.9. The third kappa shape index (κ3) is 27.8. The first-order valence-corrected chi connectivity index (χ1v) is 8.56. The van der Waals surface area contributed by atoms with Gasteiger partial charge in [-0.3, -0.25) is 0 Å². The number of unbranched alkanes of at least 4 members (excludes halogenated alkanes) is 5. The molecule has 0 amide bonds. The highest BCUT2D eigenvalue weighted by Gasteiger charge is 2.04. The highest BCUT2D eigenvalue weighted by molar-refractivity contribution is 5.86. The Morgan fingerprint density at radius 2 is 0.958 bits per heavy atom. The molecule has 0 unspecified atom stereocenters. The summed E-state index contributed by atoms with van der Waals surface area (Å²) in [6.07, 6.45) is 10.5. The zero-order valence-electron chi connectivity index (χ0n) is 15.6. The van der Waals surface area contributed by atoms with Crippen molar-refractivity contribution >= 4 is 49.6 Å². The van der Waals surface area contributed by atoms with Crippen LogP contribution in [-0.2, 0) is 0 Å². The van der Waals surface area contributed by atoms with E-state index in [9.17, 15) is 0 Å². The predicted octanol–water partition coefficient (Wildman–Crippen LogP) is 3.49. The van der Waals surface area contributed by atoms with Gasteiger partial charge in [0.15, 0.2) is 0 Å². The van der Waals surface area contributed by atoms with Crippen molar-refractivity contribution in [2.75, 3.05) is 53.4 Å². The van der Waals surface area contributed by atoms with Gasteiger partial charge in [0.2, 0.25) is 0 Å². The van der Waals surface area contributed by atoms with Crippen LogP contribution in [0.3, 0.4) is 0 Å². The van der Waals surface area contributed by atoms with Crippen LogP contribution >= 0.6 is 49.6 Å². The molecular formula is C16H42Cl4N4. The van der Waals surface area contributed by atoms with Gasteiger partial charge in [-0.2, -0.15) is 0 Å². The summed E-state index contributed by atoms with van der Waals surface area (Å²) in [6, 6.07) is 0. The van der Waals surface area contributed by atoms with Gasteiger partial charge in [-0.25, -0.2) is 0 Å². The molecule has 0 rings (SSSR count). The molecule has 0 radical (unpaired) electrons. The van der Waals surface area contributed by atoms with Crippen LogP contribution in [0.25, 0.3) is 0 Å². The molecule has 0 spiro atoms.